The van der Waals surface area contributed by atoms with E-state index >= 15 is 0 Å². The van der Waals surface area contributed by atoms with Gasteiger partial charge in [0.1, 0.15) is 5.75 Å². The number of rotatable bonds is 2. The van der Waals surface area contributed by atoms with Crippen LogP contribution >= 0.6 is 0 Å². The maximum absolute atomic E-state index is 9.91. The summed E-state index contributed by atoms with van der Waals surface area (Å²) in [4.78, 5) is 0. The van der Waals surface area contributed by atoms with E-state index in [0.717, 1.165) is 5.56 Å². The summed E-state index contributed by atoms with van der Waals surface area (Å²) < 4.78 is 0. The molecule has 0 fully saturated rings. The largest absolute Gasteiger partial charge is 2.00 e. The van der Waals surface area contributed by atoms with Crippen molar-refractivity contribution in [3.8, 4) is 5.75 Å². The van der Waals surface area contributed by atoms with Crippen LogP contribution in [0, 0.1) is 0 Å². The van der Waals surface area contributed by atoms with Crippen LogP contribution in [-0.4, -0.2) is 54.0 Å². The van der Waals surface area contributed by atoms with Crippen molar-refractivity contribution in [3.63, 3.8) is 0 Å². The summed E-state index contributed by atoms with van der Waals surface area (Å²) in [6, 6.07) is 17.7. The van der Waals surface area contributed by atoms with E-state index in [4.69, 9.17) is 0 Å². The SMILES string of the molecule is CC(C)(c1ccccc1)c1ccccc1O.[Ba+2].[H-].[H-]. The standard InChI is InChI=1S/C15H16O.Ba.2H/c1-15(2,12-8-4-3-5-9-12)13-10-6-7-11-14(13)16;;;/h3-11,16H,1-2H3;;;/q;+2;2*-1. The second kappa shape index (κ2) is 6.12. The molecule has 2 aromatic carbocycles. The van der Waals surface area contributed by atoms with Crippen LogP contribution in [0.2, 0.25) is 0 Å². The molecule has 0 aliphatic carbocycles. The topological polar surface area (TPSA) is 20.2 Å². The minimum absolute atomic E-state index is 0. The smallest absolute Gasteiger partial charge is 1.00 e. The first-order valence-electron chi connectivity index (χ1n) is 5.46. The normalized spacial score (nSPS) is 10.7. The number of hydrogen-bond donors (Lipinski definition) is 1. The second-order valence-electron chi connectivity index (χ2n) is 4.51. The molecular weight excluding hydrogens is 333 g/mol. The third-order valence-electron chi connectivity index (χ3n) is 3.07. The fraction of sp³-hybridized carbons (Fsp3) is 0.200. The van der Waals surface area contributed by atoms with Crippen LogP contribution in [0.15, 0.2) is 54.6 Å². The number of phenols is 1. The first kappa shape index (κ1) is 14.9. The molecule has 2 rings (SSSR count). The van der Waals surface area contributed by atoms with Crippen molar-refractivity contribution in [2.75, 3.05) is 0 Å². The maximum Gasteiger partial charge on any atom is 2.00 e. The molecule has 0 unspecified atom stereocenters. The number of para-hydroxylation sites is 1. The van der Waals surface area contributed by atoms with Gasteiger partial charge >= 0.3 is 48.9 Å². The molecule has 0 atom stereocenters. The van der Waals surface area contributed by atoms with Gasteiger partial charge < -0.3 is 7.96 Å². The monoisotopic (exact) mass is 352 g/mol. The average molecular weight is 352 g/mol. The summed E-state index contributed by atoms with van der Waals surface area (Å²) in [6.07, 6.45) is 0. The molecule has 1 nitrogen and oxygen atoms in total. The second-order valence-corrected chi connectivity index (χ2v) is 4.51. The quantitative estimate of drug-likeness (QED) is 0.820. The molecule has 2 aromatic rings. The summed E-state index contributed by atoms with van der Waals surface area (Å²) in [5.41, 5.74) is 1.99. The van der Waals surface area contributed by atoms with E-state index in [1.165, 1.54) is 5.56 Å². The molecule has 0 saturated carbocycles. The Morgan fingerprint density at radius 2 is 1.41 bits per heavy atom. The van der Waals surface area contributed by atoms with Crippen LogP contribution in [0.3, 0.4) is 0 Å². The van der Waals surface area contributed by atoms with E-state index in [1.54, 1.807) is 6.07 Å². The van der Waals surface area contributed by atoms with E-state index in [1.807, 2.05) is 36.4 Å². The molecule has 0 aromatic heterocycles. The average Bonchev–Trinajstić information content (AvgIpc) is 2.30. The molecule has 0 radical (unpaired) electrons. The molecule has 0 bridgehead atoms. The van der Waals surface area contributed by atoms with Crippen LogP contribution in [0.1, 0.15) is 27.8 Å². The van der Waals surface area contributed by atoms with Gasteiger partial charge in [0, 0.05) is 11.0 Å². The van der Waals surface area contributed by atoms with Crippen molar-refractivity contribution in [2.24, 2.45) is 0 Å². The Balaban J connectivity index is 0. The zero-order valence-electron chi connectivity index (χ0n) is 12.4. The van der Waals surface area contributed by atoms with Crippen LogP contribution in [-0.2, 0) is 5.41 Å². The third-order valence-corrected chi connectivity index (χ3v) is 3.07. The van der Waals surface area contributed by atoms with Gasteiger partial charge in [0.25, 0.3) is 0 Å². The molecule has 0 spiro atoms. The van der Waals surface area contributed by atoms with Crippen LogP contribution in [0.5, 0.6) is 5.75 Å². The number of aromatic hydroxyl groups is 1. The predicted molar refractivity (Wildman–Crippen MR) is 74.7 cm³/mol. The van der Waals surface area contributed by atoms with Gasteiger partial charge in [-0.2, -0.15) is 0 Å². The van der Waals surface area contributed by atoms with Gasteiger partial charge in [0.2, 0.25) is 0 Å². The molecule has 0 saturated heterocycles. The van der Waals surface area contributed by atoms with E-state index in [-0.39, 0.29) is 57.1 Å². The maximum atomic E-state index is 9.91. The number of phenolic OH excluding ortho intramolecular Hbond substituents is 1. The summed E-state index contributed by atoms with van der Waals surface area (Å²) in [7, 11) is 0. The fourth-order valence-corrected chi connectivity index (χ4v) is 2.01. The zero-order chi connectivity index (χ0) is 11.6. The summed E-state index contributed by atoms with van der Waals surface area (Å²) in [5, 5.41) is 9.91. The Labute approximate surface area is 146 Å². The zero-order valence-corrected chi connectivity index (χ0v) is 14.8. The number of hydrogen-bond acceptors (Lipinski definition) is 1. The van der Waals surface area contributed by atoms with Gasteiger partial charge in [0.05, 0.1) is 0 Å². The van der Waals surface area contributed by atoms with Crippen LogP contribution in [0.25, 0.3) is 0 Å². The van der Waals surface area contributed by atoms with Crippen molar-refractivity contribution in [1.82, 2.24) is 0 Å². The number of benzene rings is 2. The Morgan fingerprint density at radius 3 is 2.00 bits per heavy atom. The van der Waals surface area contributed by atoms with E-state index in [0.29, 0.717) is 5.75 Å². The first-order valence-corrected chi connectivity index (χ1v) is 5.46. The molecule has 0 amide bonds. The van der Waals surface area contributed by atoms with Gasteiger partial charge in [-0.15, -0.1) is 0 Å². The molecule has 2 heteroatoms. The van der Waals surface area contributed by atoms with Crippen molar-refractivity contribution < 1.29 is 7.96 Å². The summed E-state index contributed by atoms with van der Waals surface area (Å²) >= 11 is 0. The Bertz CT molecular complexity index is 487. The summed E-state index contributed by atoms with van der Waals surface area (Å²) in [5.74, 6) is 0.358. The third kappa shape index (κ3) is 3.18. The molecular formula is C15H18BaO. The Hall–Kier alpha value is -0.189. The fourth-order valence-electron chi connectivity index (χ4n) is 2.01. The molecule has 1 N–H and O–H groups in total. The Kier molecular flexibility index (Phi) is 5.35. The van der Waals surface area contributed by atoms with Crippen molar-refractivity contribution in [3.05, 3.63) is 65.7 Å². The van der Waals surface area contributed by atoms with Gasteiger partial charge in [-0.3, -0.25) is 0 Å². The van der Waals surface area contributed by atoms with E-state index in [9.17, 15) is 5.11 Å². The Morgan fingerprint density at radius 1 is 0.882 bits per heavy atom. The minimum Gasteiger partial charge on any atom is -1.00 e. The van der Waals surface area contributed by atoms with E-state index in [2.05, 4.69) is 26.0 Å². The first-order chi connectivity index (χ1) is 7.62. The molecule has 86 valence electrons. The minimum atomic E-state index is -0.174. The molecule has 0 heterocycles. The van der Waals surface area contributed by atoms with Crippen LogP contribution in [0.4, 0.5) is 0 Å². The van der Waals surface area contributed by atoms with Crippen molar-refractivity contribution >= 4 is 48.9 Å². The van der Waals surface area contributed by atoms with Crippen molar-refractivity contribution in [1.29, 1.82) is 0 Å². The van der Waals surface area contributed by atoms with Gasteiger partial charge in [-0.1, -0.05) is 62.4 Å². The molecule has 0 aliphatic heterocycles. The van der Waals surface area contributed by atoms with E-state index < -0.39 is 0 Å². The van der Waals surface area contributed by atoms with Gasteiger partial charge in [-0.05, 0) is 11.6 Å². The summed E-state index contributed by atoms with van der Waals surface area (Å²) in [6.45, 7) is 4.24. The molecule has 17 heavy (non-hydrogen) atoms. The van der Waals surface area contributed by atoms with Gasteiger partial charge in [0.15, 0.2) is 0 Å². The van der Waals surface area contributed by atoms with Crippen LogP contribution < -0.4 is 0 Å². The molecule has 0 aliphatic rings. The predicted octanol–water partition coefficient (Wildman–Crippen LogP) is 3.56. The van der Waals surface area contributed by atoms with Crippen molar-refractivity contribution in [2.45, 2.75) is 19.3 Å². The van der Waals surface area contributed by atoms with Gasteiger partial charge in [-0.25, -0.2) is 0 Å².